The Bertz CT molecular complexity index is 663. The number of hydrogen-bond acceptors (Lipinski definition) is 4. The molecule has 1 aromatic heterocycles. The van der Waals surface area contributed by atoms with Gasteiger partial charge in [0, 0.05) is 5.39 Å². The molecule has 0 unspecified atom stereocenters. The van der Waals surface area contributed by atoms with E-state index in [4.69, 9.17) is 0 Å². The van der Waals surface area contributed by atoms with Gasteiger partial charge in [-0.25, -0.2) is 4.79 Å². The average Bonchev–Trinajstić information content (AvgIpc) is 2.32. The average molecular weight is 258 g/mol. The van der Waals surface area contributed by atoms with Crippen LogP contribution in [0.15, 0.2) is 35.3 Å². The number of carbonyl (C=O) groups is 1. The summed E-state index contributed by atoms with van der Waals surface area (Å²) in [5.74, 6) is -2.51. The van der Waals surface area contributed by atoms with Gasteiger partial charge in [0.2, 0.25) is 0 Å². The van der Waals surface area contributed by atoms with E-state index in [1.165, 1.54) is 12.1 Å². The molecule has 5 nitrogen and oxygen atoms in total. The van der Waals surface area contributed by atoms with Crippen molar-refractivity contribution in [3.63, 3.8) is 0 Å². The van der Waals surface area contributed by atoms with Gasteiger partial charge in [0.05, 0.1) is 11.6 Å². The molecule has 18 heavy (non-hydrogen) atoms. The van der Waals surface area contributed by atoms with Crippen LogP contribution in [0.1, 0.15) is 0 Å². The largest absolute Gasteiger partial charge is 0.493 e. The van der Waals surface area contributed by atoms with E-state index in [9.17, 15) is 22.8 Å². The lowest BCUT2D eigenvalue weighted by molar-refractivity contribution is -0.202. The van der Waals surface area contributed by atoms with Crippen LogP contribution in [0.25, 0.3) is 10.8 Å². The van der Waals surface area contributed by atoms with E-state index >= 15 is 0 Å². The molecule has 0 aliphatic carbocycles. The standard InChI is InChI=1S/C10H5F3N2O3/c11-10(12,13)9(17)18-15-8(16)7-4-2-1-3-6(7)5-14-15/h1-5H. The summed E-state index contributed by atoms with van der Waals surface area (Å²) in [6.07, 6.45) is -4.06. The van der Waals surface area contributed by atoms with Gasteiger partial charge in [0.25, 0.3) is 0 Å². The van der Waals surface area contributed by atoms with E-state index in [0.717, 1.165) is 6.20 Å². The number of fused-ring (bicyclic) bond motifs is 1. The predicted octanol–water partition coefficient (Wildman–Crippen LogP) is 0.914. The fraction of sp³-hybridized carbons (Fsp3) is 0.100. The number of aromatic nitrogens is 2. The zero-order chi connectivity index (χ0) is 13.3. The summed E-state index contributed by atoms with van der Waals surface area (Å²) in [6, 6.07) is 6.10. The van der Waals surface area contributed by atoms with Crippen molar-refractivity contribution >= 4 is 16.7 Å². The predicted molar refractivity (Wildman–Crippen MR) is 53.6 cm³/mol. The number of hydrogen-bond donors (Lipinski definition) is 0. The van der Waals surface area contributed by atoms with Gasteiger partial charge in [0.15, 0.2) is 0 Å². The van der Waals surface area contributed by atoms with Crippen molar-refractivity contribution in [3.05, 3.63) is 40.8 Å². The minimum Gasteiger partial charge on any atom is -0.306 e. The maximum Gasteiger partial charge on any atom is 0.493 e. The second-order valence-electron chi connectivity index (χ2n) is 3.29. The fourth-order valence-corrected chi connectivity index (χ4v) is 1.27. The van der Waals surface area contributed by atoms with Crippen LogP contribution in [-0.2, 0) is 4.79 Å². The van der Waals surface area contributed by atoms with Gasteiger partial charge in [-0.1, -0.05) is 18.2 Å². The van der Waals surface area contributed by atoms with Crippen LogP contribution in [0.4, 0.5) is 13.2 Å². The molecule has 0 aliphatic rings. The first-order chi connectivity index (χ1) is 8.39. The van der Waals surface area contributed by atoms with Gasteiger partial charge in [-0.3, -0.25) is 4.79 Å². The topological polar surface area (TPSA) is 61.2 Å². The molecule has 0 radical (unpaired) electrons. The van der Waals surface area contributed by atoms with Crippen LogP contribution in [-0.4, -0.2) is 22.1 Å². The highest BCUT2D eigenvalue weighted by Gasteiger charge is 2.42. The molecule has 0 saturated carbocycles. The lowest BCUT2D eigenvalue weighted by Crippen LogP contribution is -2.39. The summed E-state index contributed by atoms with van der Waals surface area (Å²) in [5, 5.41) is 3.85. The number of halogens is 3. The zero-order valence-electron chi connectivity index (χ0n) is 8.64. The van der Waals surface area contributed by atoms with Gasteiger partial charge in [-0.15, -0.1) is 5.10 Å². The summed E-state index contributed by atoms with van der Waals surface area (Å²) in [5.41, 5.74) is -0.939. The van der Waals surface area contributed by atoms with Crippen LogP contribution < -0.4 is 10.4 Å². The quantitative estimate of drug-likeness (QED) is 0.762. The fourth-order valence-electron chi connectivity index (χ4n) is 1.27. The second-order valence-corrected chi connectivity index (χ2v) is 3.29. The lowest BCUT2D eigenvalue weighted by Gasteiger charge is -2.07. The van der Waals surface area contributed by atoms with E-state index in [0.29, 0.717) is 5.39 Å². The van der Waals surface area contributed by atoms with Crippen molar-refractivity contribution in [3.8, 4) is 0 Å². The van der Waals surface area contributed by atoms with E-state index in [-0.39, 0.29) is 10.2 Å². The Morgan fingerprint density at radius 3 is 2.61 bits per heavy atom. The summed E-state index contributed by atoms with van der Waals surface area (Å²) < 4.78 is 35.9. The van der Waals surface area contributed by atoms with Crippen LogP contribution in [0.3, 0.4) is 0 Å². The van der Waals surface area contributed by atoms with Crippen molar-refractivity contribution < 1.29 is 22.8 Å². The molecule has 2 rings (SSSR count). The SMILES string of the molecule is O=C(On1ncc2ccccc2c1=O)C(F)(F)F. The molecule has 0 saturated heterocycles. The van der Waals surface area contributed by atoms with Gasteiger partial charge in [0.1, 0.15) is 0 Å². The Balaban J connectivity index is 2.45. The number of benzene rings is 1. The minimum absolute atomic E-state index is 0.0121. The third-order valence-corrected chi connectivity index (χ3v) is 2.07. The first kappa shape index (κ1) is 12.1. The first-order valence-corrected chi connectivity index (χ1v) is 4.66. The monoisotopic (exact) mass is 258 g/mol. The van der Waals surface area contributed by atoms with Crippen molar-refractivity contribution in [2.75, 3.05) is 0 Å². The van der Waals surface area contributed by atoms with E-state index in [2.05, 4.69) is 9.94 Å². The number of nitrogens with zero attached hydrogens (tertiary/aromatic N) is 2. The molecule has 2 aromatic rings. The van der Waals surface area contributed by atoms with E-state index in [1.54, 1.807) is 12.1 Å². The molecule has 0 N–H and O–H groups in total. The third kappa shape index (κ3) is 2.17. The molecule has 0 spiro atoms. The summed E-state index contributed by atoms with van der Waals surface area (Å²) in [4.78, 5) is 26.1. The first-order valence-electron chi connectivity index (χ1n) is 4.66. The molecule has 0 bridgehead atoms. The van der Waals surface area contributed by atoms with Crippen molar-refractivity contribution in [1.29, 1.82) is 0 Å². The summed E-state index contributed by atoms with van der Waals surface area (Å²) >= 11 is 0. The van der Waals surface area contributed by atoms with Crippen molar-refractivity contribution in [2.24, 2.45) is 0 Å². The number of carbonyl (C=O) groups excluding carboxylic acids is 1. The highest BCUT2D eigenvalue weighted by atomic mass is 19.4. The Hall–Kier alpha value is -2.38. The van der Waals surface area contributed by atoms with Crippen LogP contribution >= 0.6 is 0 Å². The van der Waals surface area contributed by atoms with Gasteiger partial charge >= 0.3 is 17.7 Å². The molecular weight excluding hydrogens is 253 g/mol. The molecule has 0 fully saturated rings. The maximum absolute atomic E-state index is 12.0. The lowest BCUT2D eigenvalue weighted by atomic mass is 10.2. The molecular formula is C10H5F3N2O3. The molecule has 8 heteroatoms. The normalized spacial score (nSPS) is 11.5. The number of alkyl halides is 3. The van der Waals surface area contributed by atoms with Gasteiger partial charge in [-0.2, -0.15) is 13.2 Å². The summed E-state index contributed by atoms with van der Waals surface area (Å²) in [7, 11) is 0. The van der Waals surface area contributed by atoms with Crippen LogP contribution in [0.5, 0.6) is 0 Å². The Morgan fingerprint density at radius 2 is 1.94 bits per heavy atom. The van der Waals surface area contributed by atoms with Crippen LogP contribution in [0, 0.1) is 0 Å². The summed E-state index contributed by atoms with van der Waals surface area (Å²) in [6.45, 7) is 0. The van der Waals surface area contributed by atoms with Crippen molar-refractivity contribution in [1.82, 2.24) is 9.94 Å². The van der Waals surface area contributed by atoms with Gasteiger partial charge in [-0.05, 0) is 10.9 Å². The number of rotatable bonds is 1. The van der Waals surface area contributed by atoms with E-state index in [1.807, 2.05) is 0 Å². The maximum atomic E-state index is 12.0. The Labute approximate surface area is 97.3 Å². The minimum atomic E-state index is -5.19. The second kappa shape index (κ2) is 4.13. The Kier molecular flexibility index (Phi) is 2.77. The zero-order valence-corrected chi connectivity index (χ0v) is 8.64. The van der Waals surface area contributed by atoms with Crippen molar-refractivity contribution in [2.45, 2.75) is 6.18 Å². The molecule has 0 atom stereocenters. The highest BCUT2D eigenvalue weighted by molar-refractivity contribution is 5.80. The molecule has 1 heterocycles. The van der Waals surface area contributed by atoms with Gasteiger partial charge < -0.3 is 4.84 Å². The molecule has 0 aliphatic heterocycles. The Morgan fingerprint density at radius 1 is 1.28 bits per heavy atom. The third-order valence-electron chi connectivity index (χ3n) is 2.07. The smallest absolute Gasteiger partial charge is 0.306 e. The molecule has 1 aromatic carbocycles. The highest BCUT2D eigenvalue weighted by Crippen LogP contribution is 2.14. The molecule has 94 valence electrons. The molecule has 0 amide bonds. The van der Waals surface area contributed by atoms with E-state index < -0.39 is 17.7 Å². The van der Waals surface area contributed by atoms with Crippen LogP contribution in [0.2, 0.25) is 0 Å².